The van der Waals surface area contributed by atoms with Crippen LogP contribution in [-0.2, 0) is 0 Å². The zero-order chi connectivity index (χ0) is 15.6. The van der Waals surface area contributed by atoms with E-state index in [2.05, 4.69) is 37.9 Å². The molecule has 0 fully saturated rings. The first-order valence-electron chi connectivity index (χ1n) is 6.30. The highest BCUT2D eigenvalue weighted by Gasteiger charge is 2.21. The van der Waals surface area contributed by atoms with E-state index in [1.165, 1.54) is 0 Å². The lowest BCUT2D eigenvalue weighted by atomic mass is 9.99. The van der Waals surface area contributed by atoms with Crippen LogP contribution in [0.15, 0.2) is 34.8 Å². The van der Waals surface area contributed by atoms with Crippen molar-refractivity contribution < 1.29 is 9.47 Å². The lowest BCUT2D eigenvalue weighted by molar-refractivity contribution is 0.386. The molecule has 0 radical (unpaired) electrons. The molecule has 0 aliphatic carbocycles. The van der Waals surface area contributed by atoms with Crippen LogP contribution in [0.4, 0.5) is 0 Å². The largest absolute Gasteiger partial charge is 0.495 e. The third kappa shape index (κ3) is 3.22. The Morgan fingerprint density at radius 1 is 1.05 bits per heavy atom. The molecule has 0 aromatic heterocycles. The van der Waals surface area contributed by atoms with E-state index in [-0.39, 0.29) is 4.83 Å². The molecule has 0 heterocycles. The van der Waals surface area contributed by atoms with Crippen molar-refractivity contribution >= 4 is 43.5 Å². The first-order chi connectivity index (χ1) is 10.0. The van der Waals surface area contributed by atoms with Crippen molar-refractivity contribution in [1.82, 2.24) is 0 Å². The zero-order valence-electron chi connectivity index (χ0n) is 11.9. The Morgan fingerprint density at radius 2 is 1.76 bits per heavy atom. The van der Waals surface area contributed by atoms with E-state index in [0.29, 0.717) is 0 Å². The second-order valence-electron chi connectivity index (χ2n) is 4.52. The van der Waals surface area contributed by atoms with Gasteiger partial charge in [-0.05, 0) is 46.1 Å². The van der Waals surface area contributed by atoms with Crippen molar-refractivity contribution in [2.75, 3.05) is 14.2 Å². The third-order valence-corrected chi connectivity index (χ3v) is 5.52. The summed E-state index contributed by atoms with van der Waals surface area (Å²) in [4.78, 5) is -0.0200. The standard InChI is InChI=1S/C16H15Br2ClO2/c1-9-10(5-4-6-12(9)19)14(17)11-7-8-13(20-2)15(18)16(11)21-3/h4-8,14H,1-3H3. The van der Waals surface area contributed by atoms with Crippen LogP contribution < -0.4 is 9.47 Å². The average molecular weight is 435 g/mol. The van der Waals surface area contributed by atoms with Gasteiger partial charge in [0.15, 0.2) is 0 Å². The predicted molar refractivity (Wildman–Crippen MR) is 94.2 cm³/mol. The number of rotatable bonds is 4. The number of hydrogen-bond donors (Lipinski definition) is 0. The van der Waals surface area contributed by atoms with E-state index in [1.54, 1.807) is 14.2 Å². The number of ether oxygens (including phenoxy) is 2. The van der Waals surface area contributed by atoms with Crippen LogP contribution in [0, 0.1) is 6.92 Å². The highest BCUT2D eigenvalue weighted by Crippen LogP contribution is 2.45. The minimum atomic E-state index is -0.0200. The molecule has 0 saturated heterocycles. The quantitative estimate of drug-likeness (QED) is 0.557. The summed E-state index contributed by atoms with van der Waals surface area (Å²) in [6.07, 6.45) is 0. The molecule has 2 nitrogen and oxygen atoms in total. The number of hydrogen-bond acceptors (Lipinski definition) is 2. The van der Waals surface area contributed by atoms with Gasteiger partial charge in [-0.3, -0.25) is 0 Å². The van der Waals surface area contributed by atoms with Crippen LogP contribution in [0.25, 0.3) is 0 Å². The summed E-state index contributed by atoms with van der Waals surface area (Å²) in [7, 11) is 3.28. The molecule has 2 aromatic rings. The molecule has 112 valence electrons. The normalized spacial score (nSPS) is 12.1. The fourth-order valence-corrected chi connectivity index (χ4v) is 3.91. The first-order valence-corrected chi connectivity index (χ1v) is 8.39. The SMILES string of the molecule is COc1ccc(C(Br)c2cccc(Cl)c2C)c(OC)c1Br. The van der Waals surface area contributed by atoms with Gasteiger partial charge in [-0.15, -0.1) is 0 Å². The highest BCUT2D eigenvalue weighted by molar-refractivity contribution is 9.10. The molecule has 1 atom stereocenters. The van der Waals surface area contributed by atoms with Crippen LogP contribution in [0.5, 0.6) is 11.5 Å². The van der Waals surface area contributed by atoms with Crippen molar-refractivity contribution in [3.63, 3.8) is 0 Å². The molecule has 0 aliphatic rings. The maximum atomic E-state index is 6.22. The maximum absolute atomic E-state index is 6.22. The van der Waals surface area contributed by atoms with E-state index in [9.17, 15) is 0 Å². The molecular weight excluding hydrogens is 419 g/mol. The van der Waals surface area contributed by atoms with Gasteiger partial charge >= 0.3 is 0 Å². The molecule has 0 saturated carbocycles. The van der Waals surface area contributed by atoms with Crippen molar-refractivity contribution in [3.05, 3.63) is 56.5 Å². The maximum Gasteiger partial charge on any atom is 0.141 e. The lowest BCUT2D eigenvalue weighted by Crippen LogP contribution is -2.01. The fourth-order valence-electron chi connectivity index (χ4n) is 2.18. The number of benzene rings is 2. The van der Waals surface area contributed by atoms with Crippen molar-refractivity contribution in [2.24, 2.45) is 0 Å². The van der Waals surface area contributed by atoms with Crippen molar-refractivity contribution in [1.29, 1.82) is 0 Å². The molecule has 0 amide bonds. The molecule has 0 bridgehead atoms. The number of halogens is 3. The Hall–Kier alpha value is -0.710. The molecule has 2 aromatic carbocycles. The van der Waals surface area contributed by atoms with E-state index in [4.69, 9.17) is 21.1 Å². The van der Waals surface area contributed by atoms with Crippen LogP contribution >= 0.6 is 43.5 Å². The molecular formula is C16H15Br2ClO2. The van der Waals surface area contributed by atoms with Crippen LogP contribution in [-0.4, -0.2) is 14.2 Å². The van der Waals surface area contributed by atoms with Gasteiger partial charge in [-0.25, -0.2) is 0 Å². The number of methoxy groups -OCH3 is 2. The van der Waals surface area contributed by atoms with Gasteiger partial charge < -0.3 is 9.47 Å². The second-order valence-corrected chi connectivity index (χ2v) is 6.64. The summed E-state index contributed by atoms with van der Waals surface area (Å²) in [5.41, 5.74) is 3.17. The smallest absolute Gasteiger partial charge is 0.141 e. The summed E-state index contributed by atoms with van der Waals surface area (Å²) in [5, 5.41) is 0.753. The van der Waals surface area contributed by atoms with E-state index in [1.807, 2.05) is 31.2 Å². The number of alkyl halides is 1. The molecule has 21 heavy (non-hydrogen) atoms. The van der Waals surface area contributed by atoms with Crippen molar-refractivity contribution in [2.45, 2.75) is 11.8 Å². The van der Waals surface area contributed by atoms with E-state index < -0.39 is 0 Å². The summed E-state index contributed by atoms with van der Waals surface area (Å²) >= 11 is 13.5. The highest BCUT2D eigenvalue weighted by atomic mass is 79.9. The van der Waals surface area contributed by atoms with Gasteiger partial charge in [0, 0.05) is 10.6 Å². The van der Waals surface area contributed by atoms with Crippen molar-refractivity contribution in [3.8, 4) is 11.5 Å². The third-order valence-electron chi connectivity index (χ3n) is 3.37. The van der Waals surface area contributed by atoms with Gasteiger partial charge in [0.2, 0.25) is 0 Å². The van der Waals surface area contributed by atoms with Gasteiger partial charge in [0.25, 0.3) is 0 Å². The summed E-state index contributed by atoms with van der Waals surface area (Å²) < 4.78 is 11.6. The Kier molecular flexibility index (Phi) is 5.58. The minimum absolute atomic E-state index is 0.0200. The zero-order valence-corrected chi connectivity index (χ0v) is 15.8. The van der Waals surface area contributed by atoms with Gasteiger partial charge in [0.1, 0.15) is 16.0 Å². The van der Waals surface area contributed by atoms with E-state index >= 15 is 0 Å². The van der Waals surface area contributed by atoms with Crippen LogP contribution in [0.2, 0.25) is 5.02 Å². The molecule has 0 aliphatic heterocycles. The van der Waals surface area contributed by atoms with Gasteiger partial charge in [0.05, 0.1) is 19.0 Å². The van der Waals surface area contributed by atoms with Gasteiger partial charge in [-0.1, -0.05) is 45.7 Å². The topological polar surface area (TPSA) is 18.5 Å². The average Bonchev–Trinajstić information content (AvgIpc) is 2.49. The monoisotopic (exact) mass is 432 g/mol. The molecule has 1 unspecified atom stereocenters. The minimum Gasteiger partial charge on any atom is -0.495 e. The molecule has 0 spiro atoms. The Labute approximate surface area is 146 Å². The summed E-state index contributed by atoms with van der Waals surface area (Å²) in [6, 6.07) is 9.79. The van der Waals surface area contributed by atoms with E-state index in [0.717, 1.165) is 37.7 Å². The summed E-state index contributed by atoms with van der Waals surface area (Å²) in [5.74, 6) is 1.48. The molecule has 5 heteroatoms. The molecule has 0 N–H and O–H groups in total. The Bertz CT molecular complexity index is 659. The van der Waals surface area contributed by atoms with Crippen LogP contribution in [0.3, 0.4) is 0 Å². The fraction of sp³-hybridized carbons (Fsp3) is 0.250. The summed E-state index contributed by atoms with van der Waals surface area (Å²) in [6.45, 7) is 2.01. The Morgan fingerprint density at radius 3 is 2.38 bits per heavy atom. The van der Waals surface area contributed by atoms with Crippen LogP contribution in [0.1, 0.15) is 21.5 Å². The Balaban J connectivity index is 2.56. The second kappa shape index (κ2) is 7.03. The lowest BCUT2D eigenvalue weighted by Gasteiger charge is -2.19. The molecule has 2 rings (SSSR count). The predicted octanol–water partition coefficient (Wildman–Crippen LogP) is 5.91. The first kappa shape index (κ1) is 16.7. The van der Waals surface area contributed by atoms with Gasteiger partial charge in [-0.2, -0.15) is 0 Å².